The van der Waals surface area contributed by atoms with Crippen LogP contribution in [0.5, 0.6) is 0 Å². The Balaban J connectivity index is 2.18. The Bertz CT molecular complexity index is 555. The van der Waals surface area contributed by atoms with Crippen LogP contribution in [0.4, 0.5) is 15.8 Å². The summed E-state index contributed by atoms with van der Waals surface area (Å²) in [6, 6.07) is 12.5. The predicted molar refractivity (Wildman–Crippen MR) is 79.0 cm³/mol. The average Bonchev–Trinajstić information content (AvgIpc) is 2.41. The first-order chi connectivity index (χ1) is 9.10. The minimum Gasteiger partial charge on any atom is -0.399 e. The van der Waals surface area contributed by atoms with Gasteiger partial charge in [0.2, 0.25) is 0 Å². The molecule has 2 rings (SSSR count). The highest BCUT2D eigenvalue weighted by molar-refractivity contribution is 6.30. The van der Waals surface area contributed by atoms with Gasteiger partial charge in [0.15, 0.2) is 0 Å². The summed E-state index contributed by atoms with van der Waals surface area (Å²) in [5.41, 5.74) is 8.36. The molecule has 2 N–H and O–H groups in total. The first kappa shape index (κ1) is 13.7. The lowest BCUT2D eigenvalue weighted by molar-refractivity contribution is 0.625. The van der Waals surface area contributed by atoms with E-state index >= 15 is 0 Å². The Kier molecular flexibility index (Phi) is 4.27. The molecule has 100 valence electrons. The van der Waals surface area contributed by atoms with Crippen LogP contribution in [0.1, 0.15) is 12.5 Å². The lowest BCUT2D eigenvalue weighted by Gasteiger charge is -2.23. The molecule has 0 spiro atoms. The van der Waals surface area contributed by atoms with E-state index in [1.54, 1.807) is 6.07 Å². The fourth-order valence-electron chi connectivity index (χ4n) is 1.93. The Morgan fingerprint density at radius 1 is 1.16 bits per heavy atom. The van der Waals surface area contributed by atoms with E-state index in [2.05, 4.69) is 11.8 Å². The van der Waals surface area contributed by atoms with Gasteiger partial charge in [0.05, 0.1) is 5.02 Å². The molecule has 4 heteroatoms. The van der Waals surface area contributed by atoms with Crippen molar-refractivity contribution in [2.75, 3.05) is 17.2 Å². The Morgan fingerprint density at radius 2 is 1.84 bits per heavy atom. The van der Waals surface area contributed by atoms with Gasteiger partial charge in [-0.3, -0.25) is 0 Å². The molecule has 0 aromatic heterocycles. The van der Waals surface area contributed by atoms with Crippen molar-refractivity contribution >= 4 is 23.0 Å². The Hall–Kier alpha value is -1.74. The number of hydrogen-bond donors (Lipinski definition) is 1. The summed E-state index contributed by atoms with van der Waals surface area (Å²) in [5, 5.41) is 0.152. The normalized spacial score (nSPS) is 10.5. The number of nitrogen functional groups attached to an aromatic ring is 1. The van der Waals surface area contributed by atoms with E-state index in [-0.39, 0.29) is 10.8 Å². The van der Waals surface area contributed by atoms with Gasteiger partial charge < -0.3 is 10.6 Å². The molecular formula is C15H16ClFN2. The molecule has 0 heterocycles. The number of halogens is 2. The molecule has 0 radical (unpaired) electrons. The van der Waals surface area contributed by atoms with Gasteiger partial charge in [-0.1, -0.05) is 17.7 Å². The molecule has 19 heavy (non-hydrogen) atoms. The molecule has 0 fully saturated rings. The van der Waals surface area contributed by atoms with Gasteiger partial charge in [0.25, 0.3) is 0 Å². The smallest absolute Gasteiger partial charge is 0.142 e. The third-order valence-electron chi connectivity index (χ3n) is 3.00. The van der Waals surface area contributed by atoms with Crippen LogP contribution < -0.4 is 10.6 Å². The summed E-state index contributed by atoms with van der Waals surface area (Å²) in [6.07, 6.45) is 0. The molecule has 0 saturated heterocycles. The van der Waals surface area contributed by atoms with Gasteiger partial charge in [-0.15, -0.1) is 0 Å². The highest BCUT2D eigenvalue weighted by Gasteiger charge is 2.07. The maximum absolute atomic E-state index is 13.4. The van der Waals surface area contributed by atoms with Gasteiger partial charge in [0, 0.05) is 24.5 Å². The van der Waals surface area contributed by atoms with Crippen LogP contribution in [0.2, 0.25) is 5.02 Å². The average molecular weight is 279 g/mol. The number of nitrogens with zero attached hydrogens (tertiary/aromatic N) is 1. The van der Waals surface area contributed by atoms with Crippen LogP contribution in [-0.4, -0.2) is 6.54 Å². The van der Waals surface area contributed by atoms with Crippen molar-refractivity contribution < 1.29 is 4.39 Å². The van der Waals surface area contributed by atoms with Crippen molar-refractivity contribution in [3.63, 3.8) is 0 Å². The quantitative estimate of drug-likeness (QED) is 0.854. The van der Waals surface area contributed by atoms with Gasteiger partial charge >= 0.3 is 0 Å². The fourth-order valence-corrected chi connectivity index (χ4v) is 2.05. The molecule has 0 aliphatic rings. The zero-order chi connectivity index (χ0) is 13.8. The Labute approximate surface area is 117 Å². The molecule has 0 aliphatic heterocycles. The topological polar surface area (TPSA) is 29.3 Å². The van der Waals surface area contributed by atoms with Crippen LogP contribution in [-0.2, 0) is 6.54 Å². The summed E-state index contributed by atoms with van der Waals surface area (Å²) in [5.74, 6) is -0.382. The number of anilines is 2. The van der Waals surface area contributed by atoms with E-state index in [4.69, 9.17) is 17.3 Å². The van der Waals surface area contributed by atoms with E-state index < -0.39 is 0 Å². The zero-order valence-electron chi connectivity index (χ0n) is 10.7. The maximum Gasteiger partial charge on any atom is 0.142 e. The third-order valence-corrected chi connectivity index (χ3v) is 3.30. The van der Waals surface area contributed by atoms with E-state index in [0.29, 0.717) is 6.54 Å². The summed E-state index contributed by atoms with van der Waals surface area (Å²) in [6.45, 7) is 3.52. The molecule has 2 nitrogen and oxygen atoms in total. The second-order valence-electron chi connectivity index (χ2n) is 4.35. The number of nitrogens with two attached hydrogens (primary N) is 1. The number of benzene rings is 2. The van der Waals surface area contributed by atoms with Crippen LogP contribution in [0.25, 0.3) is 0 Å². The summed E-state index contributed by atoms with van der Waals surface area (Å²) in [4.78, 5) is 2.14. The lowest BCUT2D eigenvalue weighted by atomic mass is 10.2. The van der Waals surface area contributed by atoms with Crippen LogP contribution in [0.15, 0.2) is 42.5 Å². The van der Waals surface area contributed by atoms with Crippen molar-refractivity contribution in [3.05, 3.63) is 58.9 Å². The first-order valence-corrected chi connectivity index (χ1v) is 6.52. The molecule has 0 bridgehead atoms. The maximum atomic E-state index is 13.4. The van der Waals surface area contributed by atoms with E-state index in [1.165, 1.54) is 6.07 Å². The molecule has 2 aromatic carbocycles. The Morgan fingerprint density at radius 3 is 2.42 bits per heavy atom. The lowest BCUT2D eigenvalue weighted by Crippen LogP contribution is -2.21. The highest BCUT2D eigenvalue weighted by Crippen LogP contribution is 2.21. The van der Waals surface area contributed by atoms with E-state index in [0.717, 1.165) is 23.5 Å². The predicted octanol–water partition coefficient (Wildman–Crippen LogP) is 4.09. The largest absolute Gasteiger partial charge is 0.399 e. The highest BCUT2D eigenvalue weighted by atomic mass is 35.5. The minimum atomic E-state index is -0.382. The summed E-state index contributed by atoms with van der Waals surface area (Å²) in [7, 11) is 0. The zero-order valence-corrected chi connectivity index (χ0v) is 11.5. The molecule has 0 atom stereocenters. The van der Waals surface area contributed by atoms with Crippen molar-refractivity contribution in [3.8, 4) is 0 Å². The van der Waals surface area contributed by atoms with Gasteiger partial charge in [0.1, 0.15) is 5.82 Å². The van der Waals surface area contributed by atoms with Gasteiger partial charge in [-0.2, -0.15) is 0 Å². The number of hydrogen-bond acceptors (Lipinski definition) is 2. The third kappa shape index (κ3) is 3.38. The molecular weight excluding hydrogens is 263 g/mol. The SMILES string of the molecule is CCN(Cc1ccc(Cl)c(F)c1)c1ccc(N)cc1. The van der Waals surface area contributed by atoms with E-state index in [9.17, 15) is 4.39 Å². The monoisotopic (exact) mass is 278 g/mol. The van der Waals surface area contributed by atoms with Gasteiger partial charge in [-0.05, 0) is 48.9 Å². The van der Waals surface area contributed by atoms with Crippen molar-refractivity contribution in [1.82, 2.24) is 0 Å². The van der Waals surface area contributed by atoms with Crippen LogP contribution in [0, 0.1) is 5.82 Å². The minimum absolute atomic E-state index is 0.152. The van der Waals surface area contributed by atoms with Crippen LogP contribution in [0.3, 0.4) is 0 Å². The molecule has 2 aromatic rings. The molecule has 0 unspecified atom stereocenters. The summed E-state index contributed by atoms with van der Waals surface area (Å²) < 4.78 is 13.4. The molecule has 0 amide bonds. The summed E-state index contributed by atoms with van der Waals surface area (Å²) >= 11 is 5.68. The molecule has 0 saturated carbocycles. The number of rotatable bonds is 4. The fraction of sp³-hybridized carbons (Fsp3) is 0.200. The van der Waals surface area contributed by atoms with Crippen molar-refractivity contribution in [2.24, 2.45) is 0 Å². The standard InChI is InChI=1S/C15H16ClFN2/c1-2-19(13-6-4-12(18)5-7-13)10-11-3-8-14(16)15(17)9-11/h3-9H,2,10,18H2,1H3. The van der Waals surface area contributed by atoms with Gasteiger partial charge in [-0.25, -0.2) is 4.39 Å². The second-order valence-corrected chi connectivity index (χ2v) is 4.76. The van der Waals surface area contributed by atoms with Crippen LogP contribution >= 0.6 is 11.6 Å². The van der Waals surface area contributed by atoms with Crippen molar-refractivity contribution in [1.29, 1.82) is 0 Å². The second kappa shape index (κ2) is 5.93. The van der Waals surface area contributed by atoms with Crippen molar-refractivity contribution in [2.45, 2.75) is 13.5 Å². The van der Waals surface area contributed by atoms with E-state index in [1.807, 2.05) is 30.3 Å². The first-order valence-electron chi connectivity index (χ1n) is 6.14. The molecule has 0 aliphatic carbocycles.